The predicted octanol–water partition coefficient (Wildman–Crippen LogP) is 3.26. The van der Waals surface area contributed by atoms with Crippen LogP contribution < -0.4 is 0 Å². The molecule has 2 heterocycles. The Hall–Kier alpha value is -3.20. The van der Waals surface area contributed by atoms with E-state index in [0.717, 1.165) is 12.0 Å². The van der Waals surface area contributed by atoms with Gasteiger partial charge in [-0.1, -0.05) is 67.2 Å². The lowest BCUT2D eigenvalue weighted by molar-refractivity contribution is -0.0993. The molecule has 0 N–H and O–H groups in total. The van der Waals surface area contributed by atoms with E-state index in [9.17, 15) is 0 Å². The lowest BCUT2D eigenvalue weighted by Gasteiger charge is -2.32. The minimum Gasteiger partial charge on any atom is -0.374 e. The molecule has 214 valence electrons. The van der Waals surface area contributed by atoms with Crippen LogP contribution in [-0.4, -0.2) is 73.4 Å². The second-order valence-electron chi connectivity index (χ2n) is 9.87. The van der Waals surface area contributed by atoms with E-state index in [1.165, 1.54) is 0 Å². The monoisotopic (exact) mass is 549 g/mol. The van der Waals surface area contributed by atoms with E-state index in [-0.39, 0.29) is 77.2 Å². The van der Waals surface area contributed by atoms with Crippen molar-refractivity contribution < 1.29 is 28.4 Å². The van der Waals surface area contributed by atoms with Crippen molar-refractivity contribution in [3.05, 3.63) is 47.8 Å². The number of aromatic nitrogens is 3. The van der Waals surface area contributed by atoms with Crippen molar-refractivity contribution in [3.8, 4) is 37.0 Å². The molecule has 2 aromatic rings. The highest BCUT2D eigenvalue weighted by Gasteiger charge is 2.43. The number of rotatable bonds is 18. The van der Waals surface area contributed by atoms with Gasteiger partial charge in [-0.3, -0.25) is 0 Å². The van der Waals surface area contributed by atoms with E-state index in [0.29, 0.717) is 12.3 Å². The maximum Gasteiger partial charge on any atom is 0.157 e. The summed E-state index contributed by atoms with van der Waals surface area (Å²) in [7, 11) is 0. The first-order chi connectivity index (χ1) is 19.6. The number of hydrogen-bond acceptors (Lipinski definition) is 8. The van der Waals surface area contributed by atoms with Crippen LogP contribution in [-0.2, 0) is 41.6 Å². The van der Waals surface area contributed by atoms with Crippen LogP contribution in [0.5, 0.6) is 0 Å². The van der Waals surface area contributed by atoms with Gasteiger partial charge in [0.15, 0.2) is 6.23 Å². The van der Waals surface area contributed by atoms with Crippen molar-refractivity contribution in [1.82, 2.24) is 15.0 Å². The van der Waals surface area contributed by atoms with Crippen molar-refractivity contribution in [3.63, 3.8) is 0 Å². The maximum absolute atomic E-state index is 6.34. The van der Waals surface area contributed by atoms with Crippen molar-refractivity contribution in [2.24, 2.45) is 11.3 Å². The van der Waals surface area contributed by atoms with Crippen LogP contribution in [0.2, 0.25) is 0 Å². The van der Waals surface area contributed by atoms with Gasteiger partial charge in [0.05, 0.1) is 63.5 Å². The van der Waals surface area contributed by atoms with Gasteiger partial charge >= 0.3 is 0 Å². The number of nitrogens with zero attached hydrogens (tertiary/aromatic N) is 3. The van der Waals surface area contributed by atoms with Crippen LogP contribution in [0.3, 0.4) is 0 Å². The average molecular weight is 550 g/mol. The summed E-state index contributed by atoms with van der Waals surface area (Å²) < 4.78 is 37.3. The van der Waals surface area contributed by atoms with E-state index < -0.39 is 5.41 Å². The molecule has 1 saturated heterocycles. The smallest absolute Gasteiger partial charge is 0.157 e. The van der Waals surface area contributed by atoms with Gasteiger partial charge in [0.1, 0.15) is 25.5 Å². The third kappa shape index (κ3) is 9.18. The van der Waals surface area contributed by atoms with Crippen LogP contribution in [0.15, 0.2) is 36.5 Å². The van der Waals surface area contributed by atoms with Crippen LogP contribution in [0, 0.1) is 48.4 Å². The van der Waals surface area contributed by atoms with Crippen molar-refractivity contribution in [2.75, 3.05) is 46.2 Å². The Morgan fingerprint density at radius 1 is 0.900 bits per heavy atom. The number of benzene rings is 1. The van der Waals surface area contributed by atoms with Gasteiger partial charge in [-0.2, -0.15) is 0 Å². The lowest BCUT2D eigenvalue weighted by atomic mass is 9.92. The summed E-state index contributed by atoms with van der Waals surface area (Å²) in [5.74, 6) is 7.47. The zero-order valence-electron chi connectivity index (χ0n) is 23.4. The first kappa shape index (κ1) is 31.3. The van der Waals surface area contributed by atoms with E-state index in [1.54, 1.807) is 4.68 Å². The second-order valence-corrected chi connectivity index (χ2v) is 9.87. The molecule has 9 heteroatoms. The molecular formula is C31H39N3O6. The van der Waals surface area contributed by atoms with Gasteiger partial charge in [-0.15, -0.1) is 24.4 Å². The quantitative estimate of drug-likeness (QED) is 0.207. The minimum atomic E-state index is -0.665. The molecule has 0 spiro atoms. The molecule has 40 heavy (non-hydrogen) atoms. The van der Waals surface area contributed by atoms with E-state index in [2.05, 4.69) is 54.1 Å². The van der Waals surface area contributed by atoms with Crippen LogP contribution in [0.1, 0.15) is 37.8 Å². The van der Waals surface area contributed by atoms with Gasteiger partial charge in [0.25, 0.3) is 0 Å². The Balaban J connectivity index is 1.60. The molecule has 1 aliphatic rings. The fourth-order valence-electron chi connectivity index (χ4n) is 4.64. The molecule has 1 aromatic carbocycles. The van der Waals surface area contributed by atoms with Gasteiger partial charge < -0.3 is 28.4 Å². The third-order valence-electron chi connectivity index (χ3n) is 6.59. The molecule has 3 rings (SSSR count). The van der Waals surface area contributed by atoms with E-state index in [4.69, 9.17) is 47.7 Å². The maximum atomic E-state index is 6.34. The highest BCUT2D eigenvalue weighted by molar-refractivity contribution is 5.13. The molecule has 1 aromatic heterocycles. The molecule has 0 radical (unpaired) electrons. The molecular weight excluding hydrogens is 510 g/mol. The number of ether oxygens (including phenoxy) is 6. The zero-order valence-corrected chi connectivity index (χ0v) is 23.4. The summed E-state index contributed by atoms with van der Waals surface area (Å²) in [6.45, 7) is 6.38. The minimum absolute atomic E-state index is 0.0396. The Morgan fingerprint density at radius 2 is 1.50 bits per heavy atom. The highest BCUT2D eigenvalue weighted by atomic mass is 16.6. The largest absolute Gasteiger partial charge is 0.374 e. The molecule has 0 saturated carbocycles. The first-order valence-electron chi connectivity index (χ1n) is 13.4. The summed E-state index contributed by atoms with van der Waals surface area (Å²) >= 11 is 0. The van der Waals surface area contributed by atoms with Crippen molar-refractivity contribution in [1.29, 1.82) is 0 Å². The zero-order chi connectivity index (χ0) is 28.6. The van der Waals surface area contributed by atoms with Crippen LogP contribution in [0.25, 0.3) is 0 Å². The first-order valence-corrected chi connectivity index (χ1v) is 13.4. The molecule has 9 nitrogen and oxygen atoms in total. The summed E-state index contributed by atoms with van der Waals surface area (Å²) in [4.78, 5) is 0. The summed E-state index contributed by atoms with van der Waals surface area (Å²) in [6, 6.07) is 10.1. The van der Waals surface area contributed by atoms with Crippen LogP contribution >= 0.6 is 0 Å². The third-order valence-corrected chi connectivity index (χ3v) is 6.59. The van der Waals surface area contributed by atoms with Crippen molar-refractivity contribution >= 4 is 0 Å². The number of terminal acetylenes is 3. The van der Waals surface area contributed by atoms with Gasteiger partial charge in [0, 0.05) is 5.92 Å². The molecule has 0 bridgehead atoms. The summed E-state index contributed by atoms with van der Waals surface area (Å²) in [5, 5.41) is 8.64. The molecule has 1 aliphatic heterocycles. The van der Waals surface area contributed by atoms with Crippen molar-refractivity contribution in [2.45, 2.75) is 51.9 Å². The Morgan fingerprint density at radius 3 is 2.08 bits per heavy atom. The predicted molar refractivity (Wildman–Crippen MR) is 149 cm³/mol. The topological polar surface area (TPSA) is 86.1 Å². The van der Waals surface area contributed by atoms with E-state index in [1.807, 2.05) is 24.4 Å². The van der Waals surface area contributed by atoms with Gasteiger partial charge in [-0.05, 0) is 12.0 Å². The fourth-order valence-corrected chi connectivity index (χ4v) is 4.64. The Labute approximate surface area is 237 Å². The summed E-state index contributed by atoms with van der Waals surface area (Å²) in [5.41, 5.74) is 1.12. The lowest BCUT2D eigenvalue weighted by Crippen LogP contribution is -2.42. The number of hydrogen-bond donors (Lipinski definition) is 0. The molecule has 4 atom stereocenters. The van der Waals surface area contributed by atoms with E-state index >= 15 is 0 Å². The Kier molecular flexibility index (Phi) is 13.2. The second kappa shape index (κ2) is 16.8. The van der Waals surface area contributed by atoms with Crippen LogP contribution in [0.4, 0.5) is 0 Å². The molecule has 1 fully saturated rings. The molecule has 0 aliphatic carbocycles. The fraction of sp³-hybridized carbons (Fsp3) is 0.548. The normalized spacial score (nSPS) is 20.6. The Bertz CT molecular complexity index is 1080. The summed E-state index contributed by atoms with van der Waals surface area (Å²) in [6.07, 6.45) is 18.3. The van der Waals surface area contributed by atoms with Gasteiger partial charge in [-0.25, -0.2) is 4.68 Å². The SMILES string of the molecule is C#CCOCC(COCC#C)(COCC#C)COCc1cn([C@@H]2O[C@H](CC)[C@H](OCc3ccccc3)C2C)nn1. The standard InChI is InChI=1S/C31H39N3O6/c1-6-15-35-21-31(22-36-16-7-2,23-37-17-8-3)24-38-20-27-18-34(33-32-27)30-25(5)29(28(9-4)40-30)39-19-26-13-11-10-12-14-26/h1-3,10-14,18,25,28-30H,9,15-17,19-24H2,4-5H3/t25?,28-,29-,30-/m1/s1. The molecule has 0 amide bonds. The molecule has 1 unspecified atom stereocenters. The highest BCUT2D eigenvalue weighted by Crippen LogP contribution is 2.37. The van der Waals surface area contributed by atoms with Gasteiger partial charge in [0.2, 0.25) is 0 Å². The average Bonchev–Trinajstić information content (AvgIpc) is 3.56.